The lowest BCUT2D eigenvalue weighted by molar-refractivity contribution is 0.451. The van der Waals surface area contributed by atoms with Gasteiger partial charge in [0.05, 0.1) is 5.69 Å². The Labute approximate surface area is 89.1 Å². The predicted molar refractivity (Wildman–Crippen MR) is 59.1 cm³/mol. The highest BCUT2D eigenvalue weighted by Crippen LogP contribution is 2.22. The van der Waals surface area contributed by atoms with Crippen LogP contribution in [-0.4, -0.2) is 23.1 Å². The van der Waals surface area contributed by atoms with Gasteiger partial charge in [0.1, 0.15) is 5.82 Å². The summed E-state index contributed by atoms with van der Waals surface area (Å²) >= 11 is 0. The van der Waals surface area contributed by atoms with Crippen LogP contribution >= 0.6 is 0 Å². The van der Waals surface area contributed by atoms with Crippen LogP contribution in [0.4, 0.5) is 0 Å². The average Bonchev–Trinajstić information content (AvgIpc) is 2.29. The lowest BCUT2D eigenvalue weighted by Crippen LogP contribution is -2.28. The Bertz CT molecular complexity index is 380. The molecule has 1 saturated heterocycles. The number of nitrogens with one attached hydrogen (secondary N) is 2. The SMILES string of the molecule is CCc1nc(C2CCNCC2)cc(=O)[nH]1. The standard InChI is InChI=1S/C11H17N3O/c1-2-10-13-9(7-11(15)14-10)8-3-5-12-6-4-8/h7-8,12H,2-6H2,1H3,(H,13,14,15). The number of aryl methyl sites for hydroxylation is 1. The quantitative estimate of drug-likeness (QED) is 0.754. The molecule has 0 amide bonds. The number of rotatable bonds is 2. The zero-order chi connectivity index (χ0) is 10.7. The highest BCUT2D eigenvalue weighted by Gasteiger charge is 2.17. The van der Waals surface area contributed by atoms with Gasteiger partial charge in [0.15, 0.2) is 0 Å². The van der Waals surface area contributed by atoms with E-state index in [9.17, 15) is 4.79 Å². The van der Waals surface area contributed by atoms with Gasteiger partial charge >= 0.3 is 0 Å². The number of H-pyrrole nitrogens is 1. The van der Waals surface area contributed by atoms with Gasteiger partial charge in [-0.25, -0.2) is 4.98 Å². The molecule has 0 aliphatic carbocycles. The van der Waals surface area contributed by atoms with E-state index in [1.807, 2.05) is 6.92 Å². The summed E-state index contributed by atoms with van der Waals surface area (Å²) in [6.07, 6.45) is 2.95. The van der Waals surface area contributed by atoms with Crippen molar-refractivity contribution >= 4 is 0 Å². The summed E-state index contributed by atoms with van der Waals surface area (Å²) in [6, 6.07) is 1.65. The Morgan fingerprint density at radius 1 is 1.47 bits per heavy atom. The summed E-state index contributed by atoms with van der Waals surface area (Å²) < 4.78 is 0. The van der Waals surface area contributed by atoms with Gasteiger partial charge in [0.25, 0.3) is 5.56 Å². The van der Waals surface area contributed by atoms with E-state index in [1.54, 1.807) is 6.07 Å². The number of hydrogen-bond acceptors (Lipinski definition) is 3. The molecule has 4 nitrogen and oxygen atoms in total. The normalized spacial score (nSPS) is 17.9. The van der Waals surface area contributed by atoms with Crippen LogP contribution < -0.4 is 10.9 Å². The zero-order valence-corrected chi connectivity index (χ0v) is 9.05. The van der Waals surface area contributed by atoms with Gasteiger partial charge in [-0.05, 0) is 25.9 Å². The molecule has 82 valence electrons. The topological polar surface area (TPSA) is 57.8 Å². The Hall–Kier alpha value is -1.16. The molecule has 0 bridgehead atoms. The molecule has 0 unspecified atom stereocenters. The van der Waals surface area contributed by atoms with Gasteiger partial charge in [-0.3, -0.25) is 4.79 Å². The number of aromatic amines is 1. The van der Waals surface area contributed by atoms with Crippen LogP contribution in [0.15, 0.2) is 10.9 Å². The fourth-order valence-electron chi connectivity index (χ4n) is 2.02. The lowest BCUT2D eigenvalue weighted by Gasteiger charge is -2.22. The molecular weight excluding hydrogens is 190 g/mol. The van der Waals surface area contributed by atoms with Gasteiger partial charge < -0.3 is 10.3 Å². The molecule has 2 heterocycles. The predicted octanol–water partition coefficient (Wildman–Crippen LogP) is 0.799. The molecule has 0 spiro atoms. The van der Waals surface area contributed by atoms with Gasteiger partial charge in [0.2, 0.25) is 0 Å². The summed E-state index contributed by atoms with van der Waals surface area (Å²) in [6.45, 7) is 4.06. The maximum Gasteiger partial charge on any atom is 0.251 e. The molecule has 1 aliphatic rings. The highest BCUT2D eigenvalue weighted by molar-refractivity contribution is 5.10. The van der Waals surface area contributed by atoms with E-state index in [1.165, 1.54) is 0 Å². The third kappa shape index (κ3) is 2.45. The molecule has 15 heavy (non-hydrogen) atoms. The summed E-state index contributed by atoms with van der Waals surface area (Å²) in [4.78, 5) is 18.6. The Morgan fingerprint density at radius 3 is 2.87 bits per heavy atom. The van der Waals surface area contributed by atoms with Crippen molar-refractivity contribution in [3.8, 4) is 0 Å². The van der Waals surface area contributed by atoms with Crippen molar-refractivity contribution in [3.05, 3.63) is 27.9 Å². The molecule has 1 aromatic heterocycles. The van der Waals surface area contributed by atoms with E-state index < -0.39 is 0 Å². The molecule has 0 atom stereocenters. The van der Waals surface area contributed by atoms with Gasteiger partial charge in [-0.15, -0.1) is 0 Å². The van der Waals surface area contributed by atoms with E-state index in [-0.39, 0.29) is 5.56 Å². The molecule has 2 rings (SSSR count). The maximum absolute atomic E-state index is 11.4. The molecule has 1 fully saturated rings. The molecular formula is C11H17N3O. The molecule has 4 heteroatoms. The van der Waals surface area contributed by atoms with Crippen molar-refractivity contribution in [3.63, 3.8) is 0 Å². The van der Waals surface area contributed by atoms with Crippen LogP contribution in [-0.2, 0) is 6.42 Å². The summed E-state index contributed by atoms with van der Waals surface area (Å²) in [5.41, 5.74) is 0.951. The first-order valence-corrected chi connectivity index (χ1v) is 5.60. The summed E-state index contributed by atoms with van der Waals surface area (Å²) in [7, 11) is 0. The highest BCUT2D eigenvalue weighted by atomic mass is 16.1. The second-order valence-corrected chi connectivity index (χ2v) is 3.99. The van der Waals surface area contributed by atoms with Gasteiger partial charge in [-0.1, -0.05) is 6.92 Å². The second kappa shape index (κ2) is 4.57. The van der Waals surface area contributed by atoms with Crippen molar-refractivity contribution in [2.75, 3.05) is 13.1 Å². The zero-order valence-electron chi connectivity index (χ0n) is 9.05. The minimum atomic E-state index is -0.0182. The Morgan fingerprint density at radius 2 is 2.20 bits per heavy atom. The van der Waals surface area contributed by atoms with Crippen LogP contribution in [0, 0.1) is 0 Å². The van der Waals surface area contributed by atoms with Crippen LogP contribution in [0.5, 0.6) is 0 Å². The number of aromatic nitrogens is 2. The van der Waals surface area contributed by atoms with Crippen LogP contribution in [0.1, 0.15) is 37.2 Å². The lowest BCUT2D eigenvalue weighted by atomic mass is 9.94. The Balaban J connectivity index is 2.26. The van der Waals surface area contributed by atoms with Crippen molar-refractivity contribution in [1.29, 1.82) is 0 Å². The fraction of sp³-hybridized carbons (Fsp3) is 0.636. The number of hydrogen-bond donors (Lipinski definition) is 2. The first-order chi connectivity index (χ1) is 7.29. The largest absolute Gasteiger partial charge is 0.317 e. The van der Waals surface area contributed by atoms with Crippen molar-refractivity contribution in [2.24, 2.45) is 0 Å². The minimum Gasteiger partial charge on any atom is -0.317 e. The Kier molecular flexibility index (Phi) is 3.16. The first kappa shape index (κ1) is 10.4. The van der Waals surface area contributed by atoms with E-state index in [2.05, 4.69) is 15.3 Å². The smallest absolute Gasteiger partial charge is 0.251 e. The fourth-order valence-corrected chi connectivity index (χ4v) is 2.02. The second-order valence-electron chi connectivity index (χ2n) is 3.99. The number of piperidine rings is 1. The first-order valence-electron chi connectivity index (χ1n) is 5.60. The average molecular weight is 207 g/mol. The molecule has 0 aromatic carbocycles. The maximum atomic E-state index is 11.4. The molecule has 2 N–H and O–H groups in total. The van der Waals surface area contributed by atoms with E-state index >= 15 is 0 Å². The van der Waals surface area contributed by atoms with Crippen molar-refractivity contribution in [2.45, 2.75) is 32.1 Å². The van der Waals surface area contributed by atoms with E-state index in [0.717, 1.165) is 43.9 Å². The van der Waals surface area contributed by atoms with E-state index in [0.29, 0.717) is 5.92 Å². The third-order valence-corrected chi connectivity index (χ3v) is 2.90. The van der Waals surface area contributed by atoms with Gasteiger partial charge in [0, 0.05) is 18.4 Å². The molecule has 0 saturated carbocycles. The van der Waals surface area contributed by atoms with E-state index in [4.69, 9.17) is 0 Å². The van der Waals surface area contributed by atoms with Crippen LogP contribution in [0.3, 0.4) is 0 Å². The monoisotopic (exact) mass is 207 g/mol. The van der Waals surface area contributed by atoms with Crippen molar-refractivity contribution < 1.29 is 0 Å². The summed E-state index contributed by atoms with van der Waals surface area (Å²) in [5.74, 6) is 1.26. The minimum absolute atomic E-state index is 0.0182. The van der Waals surface area contributed by atoms with Crippen molar-refractivity contribution in [1.82, 2.24) is 15.3 Å². The van der Waals surface area contributed by atoms with Crippen LogP contribution in [0.25, 0.3) is 0 Å². The van der Waals surface area contributed by atoms with Crippen LogP contribution in [0.2, 0.25) is 0 Å². The molecule has 0 radical (unpaired) electrons. The third-order valence-electron chi connectivity index (χ3n) is 2.90. The number of nitrogens with zero attached hydrogens (tertiary/aromatic N) is 1. The van der Waals surface area contributed by atoms with Gasteiger partial charge in [-0.2, -0.15) is 0 Å². The molecule has 1 aromatic rings. The summed E-state index contributed by atoms with van der Waals surface area (Å²) in [5, 5.41) is 3.31. The molecule has 1 aliphatic heterocycles.